The van der Waals surface area contributed by atoms with E-state index in [1.807, 2.05) is 19.0 Å². The second-order valence-electron chi connectivity index (χ2n) is 18.0. The van der Waals surface area contributed by atoms with E-state index in [-0.39, 0.29) is 36.1 Å². The van der Waals surface area contributed by atoms with Crippen molar-refractivity contribution in [2.75, 3.05) is 46.9 Å². The number of unbranched alkanes of at least 4 members (excludes halogenated alkanes) is 22. The van der Waals surface area contributed by atoms with Gasteiger partial charge in [-0.1, -0.05) is 143 Å². The number of hydrogen-bond donors (Lipinski definition) is 0. The number of ether oxygens (including phenoxy) is 4. The summed E-state index contributed by atoms with van der Waals surface area (Å²) in [6, 6.07) is -0.469. The number of nitrogens with zero attached hydrogens (tertiary/aromatic N) is 2. The van der Waals surface area contributed by atoms with Gasteiger partial charge in [-0.15, -0.1) is 0 Å². The molecule has 0 aromatic rings. The van der Waals surface area contributed by atoms with Crippen LogP contribution in [0.15, 0.2) is 0 Å². The first-order valence-corrected chi connectivity index (χ1v) is 25.3. The summed E-state index contributed by atoms with van der Waals surface area (Å²) in [5.74, 6) is -0.769. The van der Waals surface area contributed by atoms with E-state index in [1.165, 1.54) is 109 Å². The van der Waals surface area contributed by atoms with Gasteiger partial charge < -0.3 is 23.8 Å². The molecule has 1 saturated heterocycles. The Morgan fingerprint density at radius 3 is 1.55 bits per heavy atom. The van der Waals surface area contributed by atoms with Crippen LogP contribution in [0.2, 0.25) is 0 Å². The molecule has 60 heavy (non-hydrogen) atoms. The fourth-order valence-corrected chi connectivity index (χ4v) is 8.06. The zero-order chi connectivity index (χ0) is 43.9. The summed E-state index contributed by atoms with van der Waals surface area (Å²) < 4.78 is 23.0. The van der Waals surface area contributed by atoms with Crippen molar-refractivity contribution in [1.82, 2.24) is 9.80 Å². The van der Waals surface area contributed by atoms with E-state index in [9.17, 15) is 19.2 Å². The third-order valence-electron chi connectivity index (χ3n) is 11.9. The highest BCUT2D eigenvalue weighted by Crippen LogP contribution is 2.24. The van der Waals surface area contributed by atoms with E-state index in [0.29, 0.717) is 71.4 Å². The summed E-state index contributed by atoms with van der Waals surface area (Å²) in [5, 5.41) is 0. The Hall–Kier alpha value is -2.20. The van der Waals surface area contributed by atoms with Crippen molar-refractivity contribution in [2.24, 2.45) is 0 Å². The first-order valence-electron chi connectivity index (χ1n) is 25.3. The van der Waals surface area contributed by atoms with Crippen molar-refractivity contribution in [1.29, 1.82) is 0 Å². The van der Waals surface area contributed by atoms with Gasteiger partial charge in [0.05, 0.1) is 19.6 Å². The van der Waals surface area contributed by atoms with Crippen molar-refractivity contribution in [2.45, 2.75) is 251 Å². The molecule has 10 nitrogen and oxygen atoms in total. The number of carbonyl (C=O) groups excluding carboxylic acids is 4. The van der Waals surface area contributed by atoms with Crippen LogP contribution in [0.5, 0.6) is 0 Å². The Bertz CT molecular complexity index is 1040. The Kier molecular flexibility index (Phi) is 36.9. The molecular formula is C50H94N2O8. The third-order valence-corrected chi connectivity index (χ3v) is 11.9. The molecule has 1 unspecified atom stereocenters. The highest BCUT2D eigenvalue weighted by Gasteiger charge is 2.39. The van der Waals surface area contributed by atoms with Crippen molar-refractivity contribution in [3.05, 3.63) is 0 Å². The minimum Gasteiger partial charge on any atom is -0.466 e. The number of likely N-dealkylation sites (tertiary alicyclic amines) is 1. The lowest BCUT2D eigenvalue weighted by Gasteiger charge is -2.22. The molecule has 0 spiro atoms. The fourth-order valence-electron chi connectivity index (χ4n) is 8.06. The molecule has 1 heterocycles. The quantitative estimate of drug-likeness (QED) is 0.0334. The third kappa shape index (κ3) is 32.5. The molecule has 0 bridgehead atoms. The van der Waals surface area contributed by atoms with Crippen LogP contribution in [0.1, 0.15) is 233 Å². The largest absolute Gasteiger partial charge is 0.466 e. The highest BCUT2D eigenvalue weighted by atomic mass is 16.6. The lowest BCUT2D eigenvalue weighted by Crippen LogP contribution is -2.38. The van der Waals surface area contributed by atoms with Crippen molar-refractivity contribution < 1.29 is 38.1 Å². The minimum atomic E-state index is -0.469. The molecule has 1 fully saturated rings. The number of esters is 4. The van der Waals surface area contributed by atoms with Gasteiger partial charge >= 0.3 is 23.9 Å². The molecule has 1 aliphatic rings. The molecule has 352 valence electrons. The van der Waals surface area contributed by atoms with E-state index in [0.717, 1.165) is 64.2 Å². The molecule has 0 saturated carbocycles. The average molecular weight is 851 g/mol. The molecule has 1 rings (SSSR count). The van der Waals surface area contributed by atoms with Crippen LogP contribution in [0.25, 0.3) is 0 Å². The van der Waals surface area contributed by atoms with Gasteiger partial charge in [-0.05, 0) is 84.8 Å². The lowest BCUT2D eigenvalue weighted by molar-refractivity contribution is -0.151. The molecule has 1 aliphatic heterocycles. The molecule has 0 aliphatic carbocycles. The van der Waals surface area contributed by atoms with Crippen molar-refractivity contribution in [3.63, 3.8) is 0 Å². The molecule has 0 radical (unpaired) electrons. The van der Waals surface area contributed by atoms with Gasteiger partial charge in [-0.25, -0.2) is 0 Å². The van der Waals surface area contributed by atoms with Crippen molar-refractivity contribution in [3.8, 4) is 0 Å². The van der Waals surface area contributed by atoms with Gasteiger partial charge in [0.15, 0.2) is 0 Å². The Labute approximate surface area is 368 Å². The molecule has 0 aromatic carbocycles. The summed E-state index contributed by atoms with van der Waals surface area (Å²) in [7, 11) is 3.84. The molecule has 10 heteroatoms. The topological polar surface area (TPSA) is 112 Å². The molecule has 0 aromatic heterocycles. The van der Waals surface area contributed by atoms with E-state index in [2.05, 4.69) is 25.7 Å². The van der Waals surface area contributed by atoms with Gasteiger partial charge in [-0.2, -0.15) is 0 Å². The first-order chi connectivity index (χ1) is 29.2. The molecular weight excluding hydrogens is 757 g/mol. The molecule has 0 amide bonds. The second kappa shape index (κ2) is 39.6. The van der Waals surface area contributed by atoms with Gasteiger partial charge in [0.1, 0.15) is 18.2 Å². The number of hydrogen-bond acceptors (Lipinski definition) is 10. The van der Waals surface area contributed by atoms with Crippen LogP contribution >= 0.6 is 0 Å². The van der Waals surface area contributed by atoms with Crippen LogP contribution in [0, 0.1) is 0 Å². The zero-order valence-electron chi connectivity index (χ0n) is 39.8. The van der Waals surface area contributed by atoms with Crippen LogP contribution in [0.4, 0.5) is 0 Å². The predicted molar refractivity (Wildman–Crippen MR) is 245 cm³/mol. The van der Waals surface area contributed by atoms with E-state index >= 15 is 0 Å². The van der Waals surface area contributed by atoms with Crippen LogP contribution in [0.3, 0.4) is 0 Å². The van der Waals surface area contributed by atoms with Gasteiger partial charge in [0, 0.05) is 32.4 Å². The van der Waals surface area contributed by atoms with E-state index in [4.69, 9.17) is 18.9 Å². The monoisotopic (exact) mass is 851 g/mol. The van der Waals surface area contributed by atoms with E-state index < -0.39 is 6.04 Å². The summed E-state index contributed by atoms with van der Waals surface area (Å²) in [4.78, 5) is 55.0. The first kappa shape index (κ1) is 55.8. The van der Waals surface area contributed by atoms with Crippen LogP contribution < -0.4 is 0 Å². The Morgan fingerprint density at radius 1 is 0.533 bits per heavy atom. The smallest absolute Gasteiger partial charge is 0.323 e. The summed E-state index contributed by atoms with van der Waals surface area (Å²) >= 11 is 0. The van der Waals surface area contributed by atoms with Gasteiger partial charge in [0.2, 0.25) is 0 Å². The highest BCUT2D eigenvalue weighted by molar-refractivity contribution is 5.76. The zero-order valence-corrected chi connectivity index (χ0v) is 39.8. The Morgan fingerprint density at radius 2 is 1.00 bits per heavy atom. The van der Waals surface area contributed by atoms with E-state index in [1.54, 1.807) is 0 Å². The summed E-state index contributed by atoms with van der Waals surface area (Å²) in [6.45, 7) is 9.30. The maximum absolute atomic E-state index is 13.4. The second-order valence-corrected chi connectivity index (χ2v) is 18.0. The SMILES string of the molecule is CCCCCCCCCCCOC(=O)CCCCCN1CC(OC(=O)CCN(C)C)C[C@H]1C(=O)OCCCCCC(=O)OC(CCCCCCCC)CCCCCCCC. The van der Waals surface area contributed by atoms with Crippen LogP contribution in [-0.4, -0.2) is 98.9 Å². The number of rotatable bonds is 42. The standard InChI is InChI=1S/C50H94N2O8/c1-6-9-12-15-18-19-20-23-31-40-57-47(53)35-28-24-30-38-52-43-45(60-49(55)37-39-51(4)5)42-46(52)50(56)58-41-32-25-29-36-48(54)59-44(33-26-21-16-13-10-7-2)34-27-22-17-14-11-8-3/h44-46H,6-43H2,1-5H3/t45?,46-/m0/s1. The normalized spacial score (nSPS) is 15.5. The predicted octanol–water partition coefficient (Wildman–Crippen LogP) is 12.1. The maximum atomic E-state index is 13.4. The molecule has 2 atom stereocenters. The van der Waals surface area contributed by atoms with Gasteiger partial charge in [0.25, 0.3) is 0 Å². The maximum Gasteiger partial charge on any atom is 0.323 e. The minimum absolute atomic E-state index is 0.0250. The van der Waals surface area contributed by atoms with Crippen LogP contribution in [-0.2, 0) is 38.1 Å². The lowest BCUT2D eigenvalue weighted by atomic mass is 10.0. The molecule has 0 N–H and O–H groups in total. The summed E-state index contributed by atoms with van der Waals surface area (Å²) in [6.07, 6.45) is 33.7. The average Bonchev–Trinajstić information content (AvgIpc) is 3.63. The number of carbonyl (C=O) groups is 4. The van der Waals surface area contributed by atoms with Gasteiger partial charge in [-0.3, -0.25) is 24.1 Å². The Balaban J connectivity index is 2.44. The van der Waals surface area contributed by atoms with Crippen molar-refractivity contribution >= 4 is 23.9 Å². The fraction of sp³-hybridized carbons (Fsp3) is 0.920. The summed E-state index contributed by atoms with van der Waals surface area (Å²) in [5.41, 5.74) is 0.